The highest BCUT2D eigenvalue weighted by Crippen LogP contribution is 2.26. The van der Waals surface area contributed by atoms with Crippen molar-refractivity contribution in [3.8, 4) is 0 Å². The summed E-state index contributed by atoms with van der Waals surface area (Å²) in [5.74, 6) is 0.323. The Morgan fingerprint density at radius 1 is 1.27 bits per heavy atom. The van der Waals surface area contributed by atoms with Crippen LogP contribution in [-0.4, -0.2) is 24.9 Å². The normalized spacial score (nSPS) is 10.9. The van der Waals surface area contributed by atoms with Gasteiger partial charge in [0, 0.05) is 17.4 Å². The molecule has 3 aromatic rings. The number of H-pyrrole nitrogens is 2. The van der Waals surface area contributed by atoms with Crippen molar-refractivity contribution in [2.24, 2.45) is 0 Å². The van der Waals surface area contributed by atoms with Crippen molar-refractivity contribution in [1.29, 1.82) is 0 Å². The fourth-order valence-corrected chi connectivity index (χ4v) is 2.79. The maximum atomic E-state index is 11.7. The first-order chi connectivity index (χ1) is 10.5. The smallest absolute Gasteiger partial charge is 0.278 e. The molecular formula is C12H10N6O3S. The summed E-state index contributed by atoms with van der Waals surface area (Å²) in [4.78, 5) is 35.5. The number of anilines is 1. The van der Waals surface area contributed by atoms with Crippen molar-refractivity contribution >= 4 is 34.6 Å². The SMILES string of the molecule is Nc1nc2nc(SCc3ccccc3[N+](=O)[O-])[nH]c2c(=O)[nH]1. The predicted molar refractivity (Wildman–Crippen MR) is 81.6 cm³/mol. The van der Waals surface area contributed by atoms with E-state index in [-0.39, 0.29) is 22.8 Å². The number of nitrogens with two attached hydrogens (primary N) is 1. The van der Waals surface area contributed by atoms with Crippen molar-refractivity contribution < 1.29 is 4.92 Å². The Bertz CT molecular complexity index is 919. The number of thioether (sulfide) groups is 1. The maximum Gasteiger partial charge on any atom is 0.278 e. The number of para-hydroxylation sites is 1. The van der Waals surface area contributed by atoms with E-state index in [9.17, 15) is 14.9 Å². The molecule has 4 N–H and O–H groups in total. The van der Waals surface area contributed by atoms with Crippen molar-refractivity contribution in [2.75, 3.05) is 5.73 Å². The Hall–Kier alpha value is -2.88. The molecule has 0 amide bonds. The second kappa shape index (κ2) is 5.48. The second-order valence-corrected chi connectivity index (χ2v) is 5.33. The summed E-state index contributed by atoms with van der Waals surface area (Å²) in [7, 11) is 0. The molecule has 0 fully saturated rings. The van der Waals surface area contributed by atoms with Gasteiger partial charge in [0.05, 0.1) is 4.92 Å². The van der Waals surface area contributed by atoms with E-state index < -0.39 is 10.5 Å². The van der Waals surface area contributed by atoms with Crippen molar-refractivity contribution in [2.45, 2.75) is 10.9 Å². The number of nitrogens with one attached hydrogen (secondary N) is 2. The minimum absolute atomic E-state index is 0.0146. The molecule has 9 nitrogen and oxygen atoms in total. The molecule has 0 spiro atoms. The summed E-state index contributed by atoms with van der Waals surface area (Å²) in [6.45, 7) is 0. The summed E-state index contributed by atoms with van der Waals surface area (Å²) < 4.78 is 0. The molecule has 112 valence electrons. The maximum absolute atomic E-state index is 11.7. The quantitative estimate of drug-likeness (QED) is 0.375. The van der Waals surface area contributed by atoms with Crippen LogP contribution in [0.3, 0.4) is 0 Å². The molecule has 10 heteroatoms. The molecule has 3 rings (SSSR count). The third kappa shape index (κ3) is 2.63. The number of aromatic amines is 2. The number of rotatable bonds is 4. The zero-order chi connectivity index (χ0) is 15.7. The van der Waals surface area contributed by atoms with Crippen LogP contribution in [0.4, 0.5) is 11.6 Å². The molecule has 0 aliphatic carbocycles. The van der Waals surface area contributed by atoms with E-state index in [0.29, 0.717) is 16.5 Å². The minimum atomic E-state index is -0.429. The van der Waals surface area contributed by atoms with Gasteiger partial charge in [-0.15, -0.1) is 0 Å². The summed E-state index contributed by atoms with van der Waals surface area (Å²) in [5.41, 5.74) is 6.09. The predicted octanol–water partition coefficient (Wildman–Crippen LogP) is 1.43. The number of nitrogens with zero attached hydrogens (tertiary/aromatic N) is 3. The van der Waals surface area contributed by atoms with Gasteiger partial charge in [0.1, 0.15) is 0 Å². The average Bonchev–Trinajstić information content (AvgIpc) is 2.88. The fourth-order valence-electron chi connectivity index (χ4n) is 1.93. The monoisotopic (exact) mass is 318 g/mol. The van der Waals surface area contributed by atoms with Crippen LogP contribution >= 0.6 is 11.8 Å². The van der Waals surface area contributed by atoms with Gasteiger partial charge in [-0.2, -0.15) is 4.98 Å². The minimum Gasteiger partial charge on any atom is -0.369 e. The van der Waals surface area contributed by atoms with E-state index >= 15 is 0 Å². The van der Waals surface area contributed by atoms with Crippen molar-refractivity contribution in [3.05, 3.63) is 50.3 Å². The first kappa shape index (κ1) is 14.1. The van der Waals surface area contributed by atoms with E-state index in [1.807, 2.05) is 0 Å². The number of hydrogen-bond acceptors (Lipinski definition) is 7. The van der Waals surface area contributed by atoms with E-state index in [1.54, 1.807) is 18.2 Å². The van der Waals surface area contributed by atoms with Crippen molar-refractivity contribution in [1.82, 2.24) is 19.9 Å². The number of hydrogen-bond donors (Lipinski definition) is 3. The van der Waals surface area contributed by atoms with Gasteiger partial charge in [0.25, 0.3) is 11.2 Å². The topological polar surface area (TPSA) is 144 Å². The third-order valence-electron chi connectivity index (χ3n) is 2.91. The summed E-state index contributed by atoms with van der Waals surface area (Å²) in [6.07, 6.45) is 0. The van der Waals surface area contributed by atoms with Gasteiger partial charge in [0.15, 0.2) is 16.3 Å². The van der Waals surface area contributed by atoms with Crippen LogP contribution in [0.15, 0.2) is 34.2 Å². The van der Waals surface area contributed by atoms with Gasteiger partial charge in [0.2, 0.25) is 5.95 Å². The van der Waals surface area contributed by atoms with Gasteiger partial charge in [-0.05, 0) is 0 Å². The van der Waals surface area contributed by atoms with Crippen molar-refractivity contribution in [3.63, 3.8) is 0 Å². The standard InChI is InChI=1S/C12H10N6O3S/c13-11-15-9-8(10(19)17-11)14-12(16-9)22-5-6-3-1-2-4-7(6)18(20)21/h1-4H,5H2,(H4,13,14,15,16,17,19). The second-order valence-electron chi connectivity index (χ2n) is 4.37. The molecule has 22 heavy (non-hydrogen) atoms. The number of nitrogen functional groups attached to an aromatic ring is 1. The third-order valence-corrected chi connectivity index (χ3v) is 3.83. The molecule has 0 radical (unpaired) electrons. The number of aromatic nitrogens is 4. The first-order valence-corrected chi connectivity index (χ1v) is 7.14. The van der Waals surface area contributed by atoms with E-state index in [1.165, 1.54) is 17.8 Å². The molecule has 0 aliphatic rings. The van der Waals surface area contributed by atoms with Crippen LogP contribution in [0.25, 0.3) is 11.2 Å². The van der Waals surface area contributed by atoms with Crippen LogP contribution in [-0.2, 0) is 5.75 Å². The molecule has 0 saturated carbocycles. The Morgan fingerprint density at radius 3 is 2.82 bits per heavy atom. The average molecular weight is 318 g/mol. The number of imidazole rings is 1. The summed E-state index contributed by atoms with van der Waals surface area (Å²) in [5, 5.41) is 11.4. The van der Waals surface area contributed by atoms with E-state index in [2.05, 4.69) is 19.9 Å². The molecule has 0 atom stereocenters. The highest BCUT2D eigenvalue weighted by atomic mass is 32.2. The lowest BCUT2D eigenvalue weighted by molar-refractivity contribution is -0.385. The van der Waals surface area contributed by atoms with Gasteiger partial charge in [-0.3, -0.25) is 19.9 Å². The van der Waals surface area contributed by atoms with Crippen LogP contribution in [0, 0.1) is 10.1 Å². The van der Waals surface area contributed by atoms with Crippen LogP contribution < -0.4 is 11.3 Å². The Morgan fingerprint density at radius 2 is 2.05 bits per heavy atom. The Balaban J connectivity index is 1.87. The van der Waals surface area contributed by atoms with Gasteiger partial charge >= 0.3 is 0 Å². The number of benzene rings is 1. The molecular weight excluding hydrogens is 308 g/mol. The largest absolute Gasteiger partial charge is 0.369 e. The molecule has 2 heterocycles. The fraction of sp³-hybridized carbons (Fsp3) is 0.0833. The Kier molecular flexibility index (Phi) is 3.51. The lowest BCUT2D eigenvalue weighted by Crippen LogP contribution is -2.10. The summed E-state index contributed by atoms with van der Waals surface area (Å²) in [6, 6.07) is 6.46. The number of nitro benzene ring substituents is 1. The lowest BCUT2D eigenvalue weighted by Gasteiger charge is -2.00. The molecule has 0 aliphatic heterocycles. The number of fused-ring (bicyclic) bond motifs is 1. The highest BCUT2D eigenvalue weighted by Gasteiger charge is 2.14. The summed E-state index contributed by atoms with van der Waals surface area (Å²) >= 11 is 1.24. The zero-order valence-corrected chi connectivity index (χ0v) is 11.9. The first-order valence-electron chi connectivity index (χ1n) is 6.15. The molecule has 0 saturated heterocycles. The van der Waals surface area contributed by atoms with E-state index in [4.69, 9.17) is 5.73 Å². The zero-order valence-electron chi connectivity index (χ0n) is 11.1. The highest BCUT2D eigenvalue weighted by molar-refractivity contribution is 7.98. The lowest BCUT2D eigenvalue weighted by atomic mass is 10.2. The molecule has 0 bridgehead atoms. The van der Waals surface area contributed by atoms with E-state index in [0.717, 1.165) is 0 Å². The Labute approximate surface area is 127 Å². The van der Waals surface area contributed by atoms with Crippen LogP contribution in [0.5, 0.6) is 0 Å². The number of nitro groups is 1. The molecule has 2 aromatic heterocycles. The molecule has 0 unspecified atom stereocenters. The van der Waals surface area contributed by atoms with Gasteiger partial charge in [-0.25, -0.2) is 4.98 Å². The van der Waals surface area contributed by atoms with Crippen LogP contribution in [0.2, 0.25) is 0 Å². The molecule has 1 aromatic carbocycles. The van der Waals surface area contributed by atoms with Gasteiger partial charge in [-0.1, -0.05) is 30.0 Å². The van der Waals surface area contributed by atoms with Gasteiger partial charge < -0.3 is 10.7 Å². The van der Waals surface area contributed by atoms with Crippen LogP contribution in [0.1, 0.15) is 5.56 Å².